The molecule has 116 valence electrons. The van der Waals surface area contributed by atoms with Gasteiger partial charge in [0, 0.05) is 17.5 Å². The number of alkyl carbamates (subject to hydrolysis) is 1. The quantitative estimate of drug-likeness (QED) is 0.886. The first-order chi connectivity index (χ1) is 10.6. The molecule has 0 fully saturated rings. The van der Waals surface area contributed by atoms with Crippen molar-refractivity contribution in [1.29, 1.82) is 0 Å². The van der Waals surface area contributed by atoms with Gasteiger partial charge in [0.05, 0.1) is 7.11 Å². The number of carbonyl (C=O) groups excluding carboxylic acids is 2. The number of aromatic nitrogens is 1. The Labute approximate surface area is 132 Å². The molecule has 0 bridgehead atoms. The summed E-state index contributed by atoms with van der Waals surface area (Å²) in [5.41, 5.74) is 0.939. The molecule has 0 spiro atoms. The number of hydrogen-bond donors (Lipinski definition) is 2. The summed E-state index contributed by atoms with van der Waals surface area (Å²) in [5, 5.41) is 5.76. The van der Waals surface area contributed by atoms with Crippen LogP contribution in [0.2, 0.25) is 0 Å². The molecule has 7 heteroatoms. The average molecular weight is 319 g/mol. The van der Waals surface area contributed by atoms with Gasteiger partial charge in [-0.3, -0.25) is 4.79 Å². The van der Waals surface area contributed by atoms with Crippen molar-refractivity contribution >= 4 is 28.5 Å². The van der Waals surface area contributed by atoms with E-state index in [9.17, 15) is 9.59 Å². The highest BCUT2D eigenvalue weighted by molar-refractivity contribution is 7.15. The van der Waals surface area contributed by atoms with Crippen LogP contribution in [0.3, 0.4) is 0 Å². The molecule has 2 rings (SSSR count). The van der Waals surface area contributed by atoms with Crippen molar-refractivity contribution in [2.75, 3.05) is 12.4 Å². The number of rotatable bonds is 5. The average Bonchev–Trinajstić information content (AvgIpc) is 2.92. The first kappa shape index (κ1) is 16.0. The third kappa shape index (κ3) is 4.56. The summed E-state index contributed by atoms with van der Waals surface area (Å²) in [7, 11) is 1.26. The number of thiazole rings is 1. The molecule has 0 saturated carbocycles. The second-order valence-corrected chi connectivity index (χ2v) is 5.88. The highest BCUT2D eigenvalue weighted by Crippen LogP contribution is 2.17. The number of anilines is 1. The smallest absolute Gasteiger partial charge is 0.407 e. The van der Waals surface area contributed by atoms with Crippen LogP contribution < -0.4 is 10.6 Å². The number of carbonyl (C=O) groups is 2. The van der Waals surface area contributed by atoms with E-state index < -0.39 is 12.1 Å². The maximum absolute atomic E-state index is 12.4. The molecular weight excluding hydrogens is 302 g/mol. The molecule has 0 unspecified atom stereocenters. The van der Waals surface area contributed by atoms with E-state index in [2.05, 4.69) is 20.4 Å². The topological polar surface area (TPSA) is 80.3 Å². The zero-order valence-electron chi connectivity index (χ0n) is 12.3. The second-order valence-electron chi connectivity index (χ2n) is 4.64. The predicted molar refractivity (Wildman–Crippen MR) is 85.0 cm³/mol. The third-order valence-electron chi connectivity index (χ3n) is 2.93. The molecule has 1 aromatic heterocycles. The van der Waals surface area contributed by atoms with Crippen molar-refractivity contribution in [3.8, 4) is 0 Å². The van der Waals surface area contributed by atoms with Gasteiger partial charge in [-0.15, -0.1) is 11.3 Å². The number of aryl methyl sites for hydroxylation is 1. The fourth-order valence-corrected chi connectivity index (χ4v) is 2.53. The lowest BCUT2D eigenvalue weighted by Crippen LogP contribution is -2.45. The van der Waals surface area contributed by atoms with E-state index in [0.29, 0.717) is 11.6 Å². The van der Waals surface area contributed by atoms with Crippen LogP contribution in [0.25, 0.3) is 0 Å². The Hall–Kier alpha value is -2.41. The zero-order chi connectivity index (χ0) is 15.9. The first-order valence-corrected chi connectivity index (χ1v) is 7.52. The summed E-state index contributed by atoms with van der Waals surface area (Å²) in [6.07, 6.45) is 1.40. The van der Waals surface area contributed by atoms with Gasteiger partial charge in [0.2, 0.25) is 5.91 Å². The molecule has 1 atom stereocenters. The van der Waals surface area contributed by atoms with Crippen molar-refractivity contribution < 1.29 is 14.3 Å². The van der Waals surface area contributed by atoms with Crippen LogP contribution in [-0.2, 0) is 16.0 Å². The van der Waals surface area contributed by atoms with Crippen LogP contribution in [-0.4, -0.2) is 30.1 Å². The number of hydrogen-bond acceptors (Lipinski definition) is 5. The molecular formula is C15H17N3O3S. The molecule has 0 aliphatic heterocycles. The van der Waals surface area contributed by atoms with E-state index in [1.54, 1.807) is 6.20 Å². The zero-order valence-corrected chi connectivity index (χ0v) is 13.1. The van der Waals surface area contributed by atoms with E-state index >= 15 is 0 Å². The predicted octanol–water partition coefficient (Wildman–Crippen LogP) is 2.36. The largest absolute Gasteiger partial charge is 0.453 e. The van der Waals surface area contributed by atoms with Crippen molar-refractivity contribution in [3.63, 3.8) is 0 Å². The highest BCUT2D eigenvalue weighted by atomic mass is 32.1. The van der Waals surface area contributed by atoms with E-state index in [4.69, 9.17) is 0 Å². The molecule has 22 heavy (non-hydrogen) atoms. The summed E-state index contributed by atoms with van der Waals surface area (Å²) in [6.45, 7) is 1.90. The van der Waals surface area contributed by atoms with Crippen LogP contribution in [0.4, 0.5) is 9.93 Å². The minimum atomic E-state index is -0.737. The van der Waals surface area contributed by atoms with Crippen LogP contribution >= 0.6 is 11.3 Å². The number of benzene rings is 1. The lowest BCUT2D eigenvalue weighted by atomic mass is 10.1. The van der Waals surface area contributed by atoms with Crippen LogP contribution in [0.15, 0.2) is 36.5 Å². The molecule has 1 heterocycles. The van der Waals surface area contributed by atoms with E-state index in [1.807, 2.05) is 37.3 Å². The monoisotopic (exact) mass is 319 g/mol. The van der Waals surface area contributed by atoms with Gasteiger partial charge in [0.15, 0.2) is 5.13 Å². The summed E-state index contributed by atoms with van der Waals surface area (Å²) in [6, 6.07) is 8.71. The summed E-state index contributed by atoms with van der Waals surface area (Å²) >= 11 is 1.38. The van der Waals surface area contributed by atoms with Gasteiger partial charge in [0.1, 0.15) is 6.04 Å². The number of nitrogens with zero attached hydrogens (tertiary/aromatic N) is 1. The molecule has 1 aromatic carbocycles. The maximum atomic E-state index is 12.4. The lowest BCUT2D eigenvalue weighted by Gasteiger charge is -2.17. The Kier molecular flexibility index (Phi) is 5.48. The Morgan fingerprint density at radius 2 is 2.05 bits per heavy atom. The molecule has 2 aromatic rings. The number of methoxy groups -OCH3 is 1. The van der Waals surface area contributed by atoms with Crippen molar-refractivity contribution in [1.82, 2.24) is 10.3 Å². The molecule has 0 aliphatic carbocycles. The van der Waals surface area contributed by atoms with Gasteiger partial charge < -0.3 is 15.4 Å². The summed E-state index contributed by atoms with van der Waals surface area (Å²) in [5.74, 6) is -0.330. The van der Waals surface area contributed by atoms with Gasteiger partial charge in [-0.2, -0.15) is 0 Å². The van der Waals surface area contributed by atoms with Gasteiger partial charge >= 0.3 is 6.09 Å². The van der Waals surface area contributed by atoms with E-state index in [-0.39, 0.29) is 5.91 Å². The van der Waals surface area contributed by atoms with Crippen LogP contribution in [0.5, 0.6) is 0 Å². The number of nitrogens with one attached hydrogen (secondary N) is 2. The minimum Gasteiger partial charge on any atom is -0.453 e. The van der Waals surface area contributed by atoms with Gasteiger partial charge in [-0.1, -0.05) is 30.3 Å². The number of ether oxygens (including phenoxy) is 1. The first-order valence-electron chi connectivity index (χ1n) is 6.70. The van der Waals surface area contributed by atoms with E-state index in [1.165, 1.54) is 18.4 Å². The summed E-state index contributed by atoms with van der Waals surface area (Å²) < 4.78 is 4.58. The normalized spacial score (nSPS) is 11.5. The van der Waals surface area contributed by atoms with Gasteiger partial charge in [-0.05, 0) is 12.5 Å². The van der Waals surface area contributed by atoms with Crippen molar-refractivity contribution in [2.24, 2.45) is 0 Å². The van der Waals surface area contributed by atoms with Crippen LogP contribution in [0.1, 0.15) is 10.4 Å². The van der Waals surface area contributed by atoms with Crippen LogP contribution in [0, 0.1) is 6.92 Å². The Morgan fingerprint density at radius 3 is 2.64 bits per heavy atom. The third-order valence-corrected chi connectivity index (χ3v) is 3.76. The van der Waals surface area contributed by atoms with Gasteiger partial charge in [0.25, 0.3) is 0 Å². The van der Waals surface area contributed by atoms with E-state index in [0.717, 1.165) is 10.4 Å². The Morgan fingerprint density at radius 1 is 1.32 bits per heavy atom. The molecule has 2 N–H and O–H groups in total. The highest BCUT2D eigenvalue weighted by Gasteiger charge is 2.22. The van der Waals surface area contributed by atoms with Crippen molar-refractivity contribution in [2.45, 2.75) is 19.4 Å². The Balaban J connectivity index is 2.08. The maximum Gasteiger partial charge on any atom is 0.407 e. The SMILES string of the molecule is COC(=O)N[C@@H](Cc1ccccc1)C(=O)Nc1ncc(C)s1. The standard InChI is InChI=1S/C15H17N3O3S/c1-10-9-16-14(22-10)18-13(19)12(17-15(20)21-2)8-11-6-4-3-5-7-11/h3-7,9,12H,8H2,1-2H3,(H,17,20)(H,16,18,19)/t12-/m0/s1. The van der Waals surface area contributed by atoms with Crippen molar-refractivity contribution in [3.05, 3.63) is 47.0 Å². The molecule has 6 nitrogen and oxygen atoms in total. The second kappa shape index (κ2) is 7.56. The van der Waals surface area contributed by atoms with Gasteiger partial charge in [-0.25, -0.2) is 9.78 Å². The number of amides is 2. The Bertz CT molecular complexity index is 642. The fourth-order valence-electron chi connectivity index (χ4n) is 1.87. The fraction of sp³-hybridized carbons (Fsp3) is 0.267. The summed E-state index contributed by atoms with van der Waals surface area (Å²) in [4.78, 5) is 28.9. The molecule has 0 aliphatic rings. The lowest BCUT2D eigenvalue weighted by molar-refractivity contribution is -0.118. The minimum absolute atomic E-state index is 0.330. The molecule has 0 radical (unpaired) electrons. The molecule has 2 amide bonds. The molecule has 0 saturated heterocycles.